The van der Waals surface area contributed by atoms with Gasteiger partial charge in [-0.15, -0.1) is 23.1 Å². The predicted octanol–water partition coefficient (Wildman–Crippen LogP) is 4.39. The molecule has 3 aromatic rings. The van der Waals surface area contributed by atoms with Crippen LogP contribution in [0.3, 0.4) is 0 Å². The van der Waals surface area contributed by atoms with Crippen LogP contribution in [0, 0.1) is 0 Å². The number of benzene rings is 1. The molecular formula is C20H18O5S2. The molecule has 0 saturated heterocycles. The Kier molecular flexibility index (Phi) is 6.36. The molecule has 27 heavy (non-hydrogen) atoms. The second kappa shape index (κ2) is 8.92. The molecular weight excluding hydrogens is 384 g/mol. The van der Waals surface area contributed by atoms with Crippen molar-refractivity contribution in [2.24, 2.45) is 0 Å². The van der Waals surface area contributed by atoms with E-state index in [-0.39, 0.29) is 12.2 Å². The quantitative estimate of drug-likeness (QED) is 0.466. The molecule has 0 aliphatic carbocycles. The zero-order chi connectivity index (χ0) is 19.2. The summed E-state index contributed by atoms with van der Waals surface area (Å²) in [7, 11) is 1.30. The van der Waals surface area contributed by atoms with Gasteiger partial charge in [-0.1, -0.05) is 24.3 Å². The van der Waals surface area contributed by atoms with E-state index in [1.54, 1.807) is 0 Å². The highest BCUT2D eigenvalue weighted by Gasteiger charge is 2.27. The number of methoxy groups -OCH3 is 1. The van der Waals surface area contributed by atoms with Crippen LogP contribution in [0.15, 0.2) is 68.0 Å². The van der Waals surface area contributed by atoms with Crippen molar-refractivity contribution in [1.82, 2.24) is 0 Å². The fourth-order valence-corrected chi connectivity index (χ4v) is 4.22. The van der Waals surface area contributed by atoms with Crippen LogP contribution in [0.2, 0.25) is 0 Å². The number of aromatic hydroxyl groups is 1. The van der Waals surface area contributed by atoms with Gasteiger partial charge in [-0.25, -0.2) is 0 Å². The third-order valence-electron chi connectivity index (χ3n) is 3.93. The van der Waals surface area contributed by atoms with E-state index in [1.807, 2.05) is 47.8 Å². The molecule has 5 nitrogen and oxygen atoms in total. The van der Waals surface area contributed by atoms with E-state index in [0.717, 1.165) is 9.77 Å². The second-order valence-electron chi connectivity index (χ2n) is 5.74. The highest BCUT2D eigenvalue weighted by atomic mass is 32.2. The SMILES string of the molecule is COC(=O)C[C@H](c1cccs1)c1oc(CSc2ccccc2)cc(=O)c1O. The predicted molar refractivity (Wildman–Crippen MR) is 105 cm³/mol. The summed E-state index contributed by atoms with van der Waals surface area (Å²) >= 11 is 2.94. The van der Waals surface area contributed by atoms with E-state index in [9.17, 15) is 14.7 Å². The van der Waals surface area contributed by atoms with Gasteiger partial charge in [0, 0.05) is 15.8 Å². The Morgan fingerprint density at radius 2 is 2.04 bits per heavy atom. The Morgan fingerprint density at radius 3 is 2.70 bits per heavy atom. The van der Waals surface area contributed by atoms with Gasteiger partial charge < -0.3 is 14.3 Å². The lowest BCUT2D eigenvalue weighted by Gasteiger charge is -2.15. The summed E-state index contributed by atoms with van der Waals surface area (Å²) in [6.45, 7) is 0. The minimum atomic E-state index is -0.577. The van der Waals surface area contributed by atoms with E-state index < -0.39 is 23.1 Å². The smallest absolute Gasteiger partial charge is 0.306 e. The Bertz CT molecular complexity index is 948. The van der Waals surface area contributed by atoms with Crippen molar-refractivity contribution in [3.8, 4) is 5.75 Å². The number of hydrogen-bond donors (Lipinski definition) is 1. The highest BCUT2D eigenvalue weighted by molar-refractivity contribution is 7.98. The third kappa shape index (κ3) is 4.81. The molecule has 1 N–H and O–H groups in total. The molecule has 3 rings (SSSR count). The standard InChI is InChI=1S/C20H18O5S2/c1-24-18(22)11-15(17-8-5-9-26-17)20-19(23)16(21)10-13(25-20)12-27-14-6-3-2-4-7-14/h2-10,15,23H,11-12H2,1H3/t15-/m1/s1. The first-order chi connectivity index (χ1) is 13.1. The van der Waals surface area contributed by atoms with Crippen molar-refractivity contribution in [3.05, 3.63) is 80.5 Å². The molecule has 0 fully saturated rings. The number of thiophene rings is 1. The molecule has 2 aromatic heterocycles. The number of rotatable bonds is 7. The minimum Gasteiger partial charge on any atom is -0.502 e. The Morgan fingerprint density at radius 1 is 1.26 bits per heavy atom. The zero-order valence-electron chi connectivity index (χ0n) is 14.6. The van der Waals surface area contributed by atoms with Crippen LogP contribution in [0.25, 0.3) is 0 Å². The lowest BCUT2D eigenvalue weighted by atomic mass is 9.99. The van der Waals surface area contributed by atoms with Gasteiger partial charge in [-0.3, -0.25) is 9.59 Å². The number of hydrogen-bond acceptors (Lipinski definition) is 7. The summed E-state index contributed by atoms with van der Waals surface area (Å²) in [4.78, 5) is 26.0. The van der Waals surface area contributed by atoms with Crippen LogP contribution in [0.5, 0.6) is 5.75 Å². The van der Waals surface area contributed by atoms with Crippen molar-refractivity contribution in [3.63, 3.8) is 0 Å². The van der Waals surface area contributed by atoms with Crippen molar-refractivity contribution in [1.29, 1.82) is 0 Å². The largest absolute Gasteiger partial charge is 0.502 e. The number of carbonyl (C=O) groups is 1. The van der Waals surface area contributed by atoms with Gasteiger partial charge in [0.05, 0.1) is 25.2 Å². The van der Waals surface area contributed by atoms with E-state index in [2.05, 4.69) is 0 Å². The maximum Gasteiger partial charge on any atom is 0.306 e. The fourth-order valence-electron chi connectivity index (χ4n) is 2.60. The summed E-state index contributed by atoms with van der Waals surface area (Å²) < 4.78 is 10.6. The fraction of sp³-hybridized carbons (Fsp3) is 0.200. The normalized spacial score (nSPS) is 11.9. The molecule has 0 unspecified atom stereocenters. The monoisotopic (exact) mass is 402 g/mol. The lowest BCUT2D eigenvalue weighted by Crippen LogP contribution is -2.13. The number of carbonyl (C=O) groups excluding carboxylic acids is 1. The molecule has 0 bridgehead atoms. The van der Waals surface area contributed by atoms with E-state index in [1.165, 1.54) is 36.3 Å². The molecule has 0 saturated carbocycles. The van der Waals surface area contributed by atoms with Gasteiger partial charge >= 0.3 is 5.97 Å². The van der Waals surface area contributed by atoms with E-state index >= 15 is 0 Å². The summed E-state index contributed by atoms with van der Waals surface area (Å²) in [6, 6.07) is 14.7. The molecule has 0 amide bonds. The first-order valence-electron chi connectivity index (χ1n) is 8.22. The van der Waals surface area contributed by atoms with Gasteiger partial charge in [0.1, 0.15) is 5.76 Å². The average Bonchev–Trinajstić information content (AvgIpc) is 3.22. The highest BCUT2D eigenvalue weighted by Crippen LogP contribution is 2.36. The van der Waals surface area contributed by atoms with Crippen molar-refractivity contribution in [2.75, 3.05) is 7.11 Å². The molecule has 0 aliphatic heterocycles. The van der Waals surface area contributed by atoms with Gasteiger partial charge in [0.2, 0.25) is 11.2 Å². The zero-order valence-corrected chi connectivity index (χ0v) is 16.2. The van der Waals surface area contributed by atoms with E-state index in [4.69, 9.17) is 9.15 Å². The maximum absolute atomic E-state index is 12.3. The summed E-state index contributed by atoms with van der Waals surface area (Å²) in [6.07, 6.45) is -0.0250. The summed E-state index contributed by atoms with van der Waals surface area (Å²) in [5, 5.41) is 12.2. The van der Waals surface area contributed by atoms with Crippen LogP contribution in [0.1, 0.15) is 28.7 Å². The Balaban J connectivity index is 1.93. The third-order valence-corrected chi connectivity index (χ3v) is 5.95. The maximum atomic E-state index is 12.3. The molecule has 1 aromatic carbocycles. The molecule has 1 atom stereocenters. The van der Waals surface area contributed by atoms with Crippen LogP contribution in [-0.2, 0) is 15.3 Å². The molecule has 0 spiro atoms. The molecule has 7 heteroatoms. The number of ether oxygens (including phenoxy) is 1. The number of esters is 1. The van der Waals surface area contributed by atoms with Crippen LogP contribution in [-0.4, -0.2) is 18.2 Å². The molecule has 2 heterocycles. The minimum absolute atomic E-state index is 0.0250. The van der Waals surface area contributed by atoms with Crippen molar-refractivity contribution < 1.29 is 19.1 Å². The van der Waals surface area contributed by atoms with Gasteiger partial charge in [-0.05, 0) is 23.6 Å². The Labute approximate surface area is 164 Å². The summed E-state index contributed by atoms with van der Waals surface area (Å²) in [5.41, 5.74) is -0.522. The van der Waals surface area contributed by atoms with Crippen LogP contribution >= 0.6 is 23.1 Å². The molecule has 0 radical (unpaired) electrons. The molecule has 0 aliphatic rings. The van der Waals surface area contributed by atoms with Crippen molar-refractivity contribution in [2.45, 2.75) is 23.0 Å². The first-order valence-corrected chi connectivity index (χ1v) is 10.1. The van der Waals surface area contributed by atoms with Crippen LogP contribution in [0.4, 0.5) is 0 Å². The van der Waals surface area contributed by atoms with Gasteiger partial charge in [0.15, 0.2) is 5.76 Å². The topological polar surface area (TPSA) is 76.7 Å². The molecule has 140 valence electrons. The second-order valence-corrected chi connectivity index (χ2v) is 7.77. The summed E-state index contributed by atoms with van der Waals surface area (Å²) in [5.74, 6) is -0.522. The Hall–Kier alpha value is -2.51. The van der Waals surface area contributed by atoms with E-state index in [0.29, 0.717) is 11.5 Å². The lowest BCUT2D eigenvalue weighted by molar-refractivity contribution is -0.140. The van der Waals surface area contributed by atoms with Gasteiger partial charge in [0.25, 0.3) is 0 Å². The van der Waals surface area contributed by atoms with Crippen molar-refractivity contribution >= 4 is 29.1 Å². The first kappa shape index (κ1) is 19.3. The van der Waals surface area contributed by atoms with Crippen LogP contribution < -0.4 is 5.43 Å². The average molecular weight is 402 g/mol. The van der Waals surface area contributed by atoms with Gasteiger partial charge in [-0.2, -0.15) is 0 Å². The number of thioether (sulfide) groups is 1.